The van der Waals surface area contributed by atoms with E-state index in [0.29, 0.717) is 18.4 Å². The van der Waals surface area contributed by atoms with Crippen LogP contribution in [-0.2, 0) is 5.41 Å². The zero-order valence-electron chi connectivity index (χ0n) is 11.1. The highest BCUT2D eigenvalue weighted by atomic mass is 16.5. The molecule has 0 bridgehead atoms. The van der Waals surface area contributed by atoms with Crippen molar-refractivity contribution in [2.75, 3.05) is 0 Å². The molecule has 0 aromatic heterocycles. The predicted octanol–water partition coefficient (Wildman–Crippen LogP) is 2.76. The minimum Gasteiger partial charge on any atom is -0.490 e. The van der Waals surface area contributed by atoms with Crippen LogP contribution < -0.4 is 4.74 Å². The van der Waals surface area contributed by atoms with E-state index in [2.05, 4.69) is 26.8 Å². The fraction of sp³-hybridized carbons (Fsp3) is 0.533. The Balaban J connectivity index is 2.26. The molecule has 1 saturated carbocycles. The van der Waals surface area contributed by atoms with E-state index in [1.807, 2.05) is 12.1 Å². The maximum absolute atomic E-state index is 9.28. The van der Waals surface area contributed by atoms with Crippen LogP contribution in [-0.4, -0.2) is 17.3 Å². The van der Waals surface area contributed by atoms with Gasteiger partial charge in [-0.05, 0) is 23.6 Å². The van der Waals surface area contributed by atoms with Crippen LogP contribution in [0.5, 0.6) is 5.75 Å². The molecule has 1 N–H and O–H groups in total. The van der Waals surface area contributed by atoms with Crippen LogP contribution in [0.15, 0.2) is 18.2 Å². The van der Waals surface area contributed by atoms with Crippen molar-refractivity contribution in [1.82, 2.24) is 0 Å². The van der Waals surface area contributed by atoms with E-state index in [-0.39, 0.29) is 17.6 Å². The lowest BCUT2D eigenvalue weighted by Crippen LogP contribution is -2.38. The Labute approximate surface area is 108 Å². The van der Waals surface area contributed by atoms with Gasteiger partial charge in [0.25, 0.3) is 0 Å². The molecule has 1 aliphatic rings. The second-order valence-corrected chi connectivity index (χ2v) is 5.94. The highest BCUT2D eigenvalue weighted by molar-refractivity contribution is 5.45. The fourth-order valence-corrected chi connectivity index (χ4v) is 2.10. The lowest BCUT2D eigenvalue weighted by molar-refractivity contribution is -0.0115. The molecule has 0 heterocycles. The SMILES string of the molecule is CC(C)(C)c1cc(C#N)ccc1O[C@H]1C[C@H](O)C1. The molecule has 18 heavy (non-hydrogen) atoms. The standard InChI is InChI=1S/C15H19NO2/c1-15(2,3)13-6-10(9-16)4-5-14(13)18-12-7-11(17)8-12/h4-6,11-12,17H,7-8H2,1-3H3/t11-,12-. The lowest BCUT2D eigenvalue weighted by atomic mass is 9.85. The van der Waals surface area contributed by atoms with Gasteiger partial charge in [0.15, 0.2) is 0 Å². The van der Waals surface area contributed by atoms with Crippen molar-refractivity contribution < 1.29 is 9.84 Å². The molecule has 0 aliphatic heterocycles. The molecule has 0 spiro atoms. The van der Waals surface area contributed by atoms with Gasteiger partial charge in [-0.1, -0.05) is 20.8 Å². The van der Waals surface area contributed by atoms with Crippen molar-refractivity contribution in [2.45, 2.75) is 51.2 Å². The van der Waals surface area contributed by atoms with Gasteiger partial charge in [-0.2, -0.15) is 5.26 Å². The Kier molecular flexibility index (Phi) is 3.32. The number of nitriles is 1. The number of hydrogen-bond donors (Lipinski definition) is 1. The highest BCUT2D eigenvalue weighted by Gasteiger charge is 2.30. The summed E-state index contributed by atoms with van der Waals surface area (Å²) in [6.45, 7) is 6.31. The minimum absolute atomic E-state index is 0.0649. The molecule has 0 unspecified atom stereocenters. The van der Waals surface area contributed by atoms with Crippen LogP contribution in [0.3, 0.4) is 0 Å². The van der Waals surface area contributed by atoms with Gasteiger partial charge in [-0.15, -0.1) is 0 Å². The first-order valence-corrected chi connectivity index (χ1v) is 6.29. The molecule has 1 aliphatic carbocycles. The zero-order valence-corrected chi connectivity index (χ0v) is 11.1. The van der Waals surface area contributed by atoms with Crippen molar-refractivity contribution in [2.24, 2.45) is 0 Å². The molecule has 1 aromatic rings. The summed E-state index contributed by atoms with van der Waals surface area (Å²) in [5.41, 5.74) is 1.63. The third-order valence-corrected chi connectivity index (χ3v) is 3.28. The van der Waals surface area contributed by atoms with Crippen LogP contribution >= 0.6 is 0 Å². The van der Waals surface area contributed by atoms with E-state index in [1.54, 1.807) is 6.07 Å². The number of aliphatic hydroxyl groups is 1. The molecule has 1 aromatic carbocycles. The lowest BCUT2D eigenvalue weighted by Gasteiger charge is -2.33. The summed E-state index contributed by atoms with van der Waals surface area (Å²) in [5, 5.41) is 18.3. The summed E-state index contributed by atoms with van der Waals surface area (Å²) in [7, 11) is 0. The van der Waals surface area contributed by atoms with Crippen LogP contribution in [0.4, 0.5) is 0 Å². The van der Waals surface area contributed by atoms with Gasteiger partial charge in [0, 0.05) is 18.4 Å². The van der Waals surface area contributed by atoms with E-state index < -0.39 is 0 Å². The second kappa shape index (κ2) is 4.62. The highest BCUT2D eigenvalue weighted by Crippen LogP contribution is 2.35. The van der Waals surface area contributed by atoms with E-state index in [1.165, 1.54) is 0 Å². The normalized spacial score (nSPS) is 23.1. The van der Waals surface area contributed by atoms with Crippen molar-refractivity contribution in [1.29, 1.82) is 5.26 Å². The van der Waals surface area contributed by atoms with Crippen molar-refractivity contribution in [3.8, 4) is 11.8 Å². The summed E-state index contributed by atoms with van der Waals surface area (Å²) in [4.78, 5) is 0. The van der Waals surface area contributed by atoms with Gasteiger partial charge in [0.1, 0.15) is 11.9 Å². The van der Waals surface area contributed by atoms with Crippen molar-refractivity contribution in [3.05, 3.63) is 29.3 Å². The van der Waals surface area contributed by atoms with Crippen LogP contribution in [0, 0.1) is 11.3 Å². The minimum atomic E-state index is -0.216. The Morgan fingerprint density at radius 3 is 2.50 bits per heavy atom. The quantitative estimate of drug-likeness (QED) is 0.871. The largest absolute Gasteiger partial charge is 0.490 e. The number of rotatable bonds is 2. The fourth-order valence-electron chi connectivity index (χ4n) is 2.10. The van der Waals surface area contributed by atoms with Gasteiger partial charge in [-0.25, -0.2) is 0 Å². The smallest absolute Gasteiger partial charge is 0.123 e. The number of benzene rings is 1. The second-order valence-electron chi connectivity index (χ2n) is 5.94. The van der Waals surface area contributed by atoms with Crippen molar-refractivity contribution >= 4 is 0 Å². The molecule has 3 nitrogen and oxygen atoms in total. The zero-order chi connectivity index (χ0) is 13.3. The van der Waals surface area contributed by atoms with Gasteiger partial charge in [0.2, 0.25) is 0 Å². The van der Waals surface area contributed by atoms with Gasteiger partial charge in [-0.3, -0.25) is 0 Å². The maximum atomic E-state index is 9.28. The van der Waals surface area contributed by atoms with E-state index in [4.69, 9.17) is 10.00 Å². The van der Waals surface area contributed by atoms with Crippen LogP contribution in [0.2, 0.25) is 0 Å². The summed E-state index contributed by atoms with van der Waals surface area (Å²) >= 11 is 0. The molecule has 3 heteroatoms. The van der Waals surface area contributed by atoms with Gasteiger partial charge in [0.05, 0.1) is 17.7 Å². The summed E-state index contributed by atoms with van der Waals surface area (Å²) in [6.07, 6.45) is 1.29. The maximum Gasteiger partial charge on any atom is 0.123 e. The Morgan fingerprint density at radius 1 is 1.33 bits per heavy atom. The molecular formula is C15H19NO2. The van der Waals surface area contributed by atoms with E-state index in [9.17, 15) is 5.11 Å². The molecule has 1 fully saturated rings. The molecule has 0 atom stereocenters. The third kappa shape index (κ3) is 2.65. The summed E-state index contributed by atoms with van der Waals surface area (Å²) in [6, 6.07) is 7.70. The Hall–Kier alpha value is -1.53. The van der Waals surface area contributed by atoms with Gasteiger partial charge >= 0.3 is 0 Å². The molecule has 2 rings (SSSR count). The molecule has 96 valence electrons. The van der Waals surface area contributed by atoms with E-state index >= 15 is 0 Å². The molecule has 0 saturated heterocycles. The number of hydrogen-bond acceptors (Lipinski definition) is 3. The monoisotopic (exact) mass is 245 g/mol. The average Bonchev–Trinajstić information content (AvgIpc) is 2.26. The van der Waals surface area contributed by atoms with Crippen LogP contribution in [0.25, 0.3) is 0 Å². The molecule has 0 amide bonds. The first kappa shape index (κ1) is 12.9. The molecular weight excluding hydrogens is 226 g/mol. The summed E-state index contributed by atoms with van der Waals surface area (Å²) in [5.74, 6) is 0.832. The van der Waals surface area contributed by atoms with Gasteiger partial charge < -0.3 is 9.84 Å². The van der Waals surface area contributed by atoms with E-state index in [0.717, 1.165) is 11.3 Å². The first-order valence-electron chi connectivity index (χ1n) is 6.29. The van der Waals surface area contributed by atoms with Crippen molar-refractivity contribution in [3.63, 3.8) is 0 Å². The predicted molar refractivity (Wildman–Crippen MR) is 69.5 cm³/mol. The third-order valence-electron chi connectivity index (χ3n) is 3.28. The average molecular weight is 245 g/mol. The summed E-state index contributed by atoms with van der Waals surface area (Å²) < 4.78 is 5.91. The Morgan fingerprint density at radius 2 is 2.00 bits per heavy atom. The number of ether oxygens (including phenoxy) is 1. The topological polar surface area (TPSA) is 53.2 Å². The van der Waals surface area contributed by atoms with Crippen LogP contribution in [0.1, 0.15) is 44.7 Å². The number of aliphatic hydroxyl groups excluding tert-OH is 1. The molecule has 0 radical (unpaired) electrons. The Bertz CT molecular complexity index is 476. The first-order chi connectivity index (χ1) is 8.40. The number of nitrogens with zero attached hydrogens (tertiary/aromatic N) is 1.